The number of ketones is 2. The summed E-state index contributed by atoms with van der Waals surface area (Å²) < 4.78 is 13.3. The number of carbonyl (C=O) groups excluding carboxylic acids is 2. The summed E-state index contributed by atoms with van der Waals surface area (Å²) in [5.74, 6) is -0.357. The van der Waals surface area contributed by atoms with Gasteiger partial charge in [-0.3, -0.25) is 9.59 Å². The Kier molecular flexibility index (Phi) is 5.19. The minimum atomic E-state index is -0.304. The fraction of sp³-hybridized carbons (Fsp3) is 0.333. The van der Waals surface area contributed by atoms with Gasteiger partial charge in [-0.1, -0.05) is 48.9 Å². The first-order valence-corrected chi connectivity index (χ1v) is 8.51. The maximum Gasteiger partial charge on any atom is 0.163 e. The molecule has 0 N–H and O–H groups in total. The molecule has 3 rings (SSSR count). The number of rotatable bonds is 5. The van der Waals surface area contributed by atoms with Crippen molar-refractivity contribution in [3.05, 3.63) is 71.5 Å². The molecule has 2 atom stereocenters. The van der Waals surface area contributed by atoms with Crippen LogP contribution in [0.15, 0.2) is 54.6 Å². The molecule has 1 fully saturated rings. The highest BCUT2D eigenvalue weighted by Crippen LogP contribution is 2.37. The van der Waals surface area contributed by atoms with Gasteiger partial charge in [0.2, 0.25) is 0 Å². The molecule has 0 aromatic heterocycles. The van der Waals surface area contributed by atoms with E-state index in [0.717, 1.165) is 24.8 Å². The summed E-state index contributed by atoms with van der Waals surface area (Å²) in [5, 5.41) is 0. The van der Waals surface area contributed by atoms with Crippen LogP contribution in [0.4, 0.5) is 4.39 Å². The van der Waals surface area contributed by atoms with Crippen LogP contribution >= 0.6 is 0 Å². The molecule has 0 heterocycles. The van der Waals surface area contributed by atoms with Crippen LogP contribution < -0.4 is 0 Å². The molecule has 2 aromatic carbocycles. The second kappa shape index (κ2) is 7.52. The van der Waals surface area contributed by atoms with Gasteiger partial charge in [0.15, 0.2) is 5.78 Å². The van der Waals surface area contributed by atoms with Crippen molar-refractivity contribution in [3.63, 3.8) is 0 Å². The smallest absolute Gasteiger partial charge is 0.163 e. The highest BCUT2D eigenvalue weighted by molar-refractivity contribution is 5.97. The second-order valence-corrected chi connectivity index (χ2v) is 6.47. The zero-order valence-electron chi connectivity index (χ0n) is 13.6. The molecule has 24 heavy (non-hydrogen) atoms. The summed E-state index contributed by atoms with van der Waals surface area (Å²) in [5.41, 5.74) is 1.54. The average molecular weight is 324 g/mol. The van der Waals surface area contributed by atoms with E-state index in [0.29, 0.717) is 12.0 Å². The topological polar surface area (TPSA) is 34.1 Å². The predicted octanol–water partition coefficient (Wildman–Crippen LogP) is 4.94. The van der Waals surface area contributed by atoms with E-state index in [1.807, 2.05) is 18.2 Å². The molecule has 1 saturated carbocycles. The third-order valence-corrected chi connectivity index (χ3v) is 4.89. The van der Waals surface area contributed by atoms with E-state index in [9.17, 15) is 14.0 Å². The summed E-state index contributed by atoms with van der Waals surface area (Å²) in [6.07, 6.45) is 3.61. The summed E-state index contributed by atoms with van der Waals surface area (Å²) >= 11 is 0. The lowest BCUT2D eigenvalue weighted by Gasteiger charge is -2.29. The number of hydrogen-bond acceptors (Lipinski definition) is 2. The first-order valence-electron chi connectivity index (χ1n) is 8.51. The molecule has 0 radical (unpaired) electrons. The van der Waals surface area contributed by atoms with Crippen LogP contribution in [-0.2, 0) is 4.79 Å². The van der Waals surface area contributed by atoms with Crippen LogP contribution in [0.5, 0.6) is 0 Å². The van der Waals surface area contributed by atoms with E-state index in [1.165, 1.54) is 12.1 Å². The van der Waals surface area contributed by atoms with E-state index < -0.39 is 0 Å². The zero-order chi connectivity index (χ0) is 16.9. The third-order valence-electron chi connectivity index (χ3n) is 4.89. The van der Waals surface area contributed by atoms with Gasteiger partial charge in [-0.2, -0.15) is 0 Å². The molecule has 0 bridgehead atoms. The Balaban J connectivity index is 1.88. The Bertz CT molecular complexity index is 706. The van der Waals surface area contributed by atoms with Crippen molar-refractivity contribution in [2.75, 3.05) is 0 Å². The van der Waals surface area contributed by atoms with Gasteiger partial charge in [0.1, 0.15) is 11.6 Å². The van der Waals surface area contributed by atoms with Gasteiger partial charge in [0.05, 0.1) is 0 Å². The Labute approximate surface area is 141 Å². The summed E-state index contributed by atoms with van der Waals surface area (Å²) in [4.78, 5) is 25.1. The lowest BCUT2D eigenvalue weighted by molar-refractivity contribution is -0.125. The third kappa shape index (κ3) is 3.78. The van der Waals surface area contributed by atoms with Crippen molar-refractivity contribution in [1.29, 1.82) is 0 Å². The van der Waals surface area contributed by atoms with Crippen molar-refractivity contribution in [2.45, 2.75) is 38.0 Å². The van der Waals surface area contributed by atoms with Crippen LogP contribution in [0.2, 0.25) is 0 Å². The molecule has 2 aromatic rings. The fourth-order valence-corrected chi connectivity index (χ4v) is 3.58. The van der Waals surface area contributed by atoms with E-state index >= 15 is 0 Å². The normalized spacial score (nSPS) is 19.0. The maximum atomic E-state index is 13.3. The molecule has 1 aliphatic carbocycles. The van der Waals surface area contributed by atoms with Gasteiger partial charge in [-0.05, 0) is 30.5 Å². The molecule has 3 heteroatoms. The van der Waals surface area contributed by atoms with Gasteiger partial charge in [-0.15, -0.1) is 0 Å². The number of carbonyl (C=O) groups is 2. The Morgan fingerprint density at radius 3 is 2.42 bits per heavy atom. The highest BCUT2D eigenvalue weighted by Gasteiger charge is 2.32. The molecule has 2 unspecified atom stereocenters. The largest absolute Gasteiger partial charge is 0.299 e. The van der Waals surface area contributed by atoms with Crippen molar-refractivity contribution >= 4 is 11.6 Å². The number of Topliss-reactive ketones (excluding diaryl/α,β-unsaturated/α-hetero) is 2. The van der Waals surface area contributed by atoms with Crippen LogP contribution in [0.25, 0.3) is 0 Å². The highest BCUT2D eigenvalue weighted by atomic mass is 19.1. The molecule has 2 nitrogen and oxygen atoms in total. The first-order chi connectivity index (χ1) is 11.6. The molecule has 1 aliphatic rings. The number of hydrogen-bond donors (Lipinski definition) is 0. The fourth-order valence-electron chi connectivity index (χ4n) is 3.58. The van der Waals surface area contributed by atoms with Crippen LogP contribution in [0.1, 0.15) is 53.9 Å². The van der Waals surface area contributed by atoms with Crippen LogP contribution in [0.3, 0.4) is 0 Å². The molecular weight excluding hydrogens is 303 g/mol. The van der Waals surface area contributed by atoms with Crippen molar-refractivity contribution in [2.24, 2.45) is 5.92 Å². The lowest BCUT2D eigenvalue weighted by Crippen LogP contribution is -2.27. The quantitative estimate of drug-likeness (QED) is 0.730. The van der Waals surface area contributed by atoms with Gasteiger partial charge < -0.3 is 0 Å². The van der Waals surface area contributed by atoms with Crippen molar-refractivity contribution in [3.8, 4) is 0 Å². The van der Waals surface area contributed by atoms with E-state index in [4.69, 9.17) is 0 Å². The van der Waals surface area contributed by atoms with Crippen LogP contribution in [-0.4, -0.2) is 11.6 Å². The predicted molar refractivity (Wildman–Crippen MR) is 91.5 cm³/mol. The first kappa shape index (κ1) is 16.6. The average Bonchev–Trinajstić information content (AvgIpc) is 2.62. The monoisotopic (exact) mass is 324 g/mol. The van der Waals surface area contributed by atoms with Gasteiger partial charge in [-0.25, -0.2) is 4.39 Å². The summed E-state index contributed by atoms with van der Waals surface area (Å²) in [6, 6.07) is 15.4. The van der Waals surface area contributed by atoms with Crippen molar-refractivity contribution in [1.82, 2.24) is 0 Å². The maximum absolute atomic E-state index is 13.3. The Hall–Kier alpha value is -2.29. The van der Waals surface area contributed by atoms with Crippen molar-refractivity contribution < 1.29 is 14.0 Å². The SMILES string of the molecule is O=C(CC(c1ccc(F)cc1)C1CCCCC1=O)c1ccccc1. The van der Waals surface area contributed by atoms with Gasteiger partial charge in [0.25, 0.3) is 0 Å². The summed E-state index contributed by atoms with van der Waals surface area (Å²) in [6.45, 7) is 0. The van der Waals surface area contributed by atoms with E-state index in [-0.39, 0.29) is 35.6 Å². The lowest BCUT2D eigenvalue weighted by atomic mass is 9.73. The molecule has 0 spiro atoms. The molecular formula is C21H21FO2. The van der Waals surface area contributed by atoms with E-state index in [1.54, 1.807) is 24.3 Å². The number of halogens is 1. The summed E-state index contributed by atoms with van der Waals surface area (Å²) in [7, 11) is 0. The zero-order valence-corrected chi connectivity index (χ0v) is 13.6. The van der Waals surface area contributed by atoms with Crippen LogP contribution in [0, 0.1) is 11.7 Å². The van der Waals surface area contributed by atoms with Gasteiger partial charge >= 0.3 is 0 Å². The van der Waals surface area contributed by atoms with E-state index in [2.05, 4.69) is 0 Å². The van der Waals surface area contributed by atoms with Gasteiger partial charge in [0, 0.05) is 30.2 Å². The standard InChI is InChI=1S/C21H21FO2/c22-17-12-10-15(11-13-17)19(18-8-4-5-9-20(18)23)14-21(24)16-6-2-1-3-7-16/h1-3,6-7,10-13,18-19H,4-5,8-9,14H2. The molecule has 0 amide bonds. The second-order valence-electron chi connectivity index (χ2n) is 6.47. The minimum absolute atomic E-state index is 0.0308. The Morgan fingerprint density at radius 1 is 1.04 bits per heavy atom. The molecule has 0 aliphatic heterocycles. The molecule has 124 valence electrons. The number of benzene rings is 2. The minimum Gasteiger partial charge on any atom is -0.299 e. The molecule has 0 saturated heterocycles. The Morgan fingerprint density at radius 2 is 1.75 bits per heavy atom.